The summed E-state index contributed by atoms with van der Waals surface area (Å²) in [6.45, 7) is 7.54. The number of hydrogen-bond acceptors (Lipinski definition) is 8. The highest BCUT2D eigenvalue weighted by Crippen LogP contribution is 2.52. The van der Waals surface area contributed by atoms with Crippen LogP contribution >= 0.6 is 15.2 Å². The standard InChI is InChI=1S/C20H36O8P2/c1-19(2,9-11-29(23,25-5)26-6)15-13-18(22)16(14-17(15)21)20(3,4)10-12-30(24,27-7)28-8/h13-14,21-22H,9-12H2,1-8H3. The summed E-state index contributed by atoms with van der Waals surface area (Å²) in [5, 5.41) is 21.5. The SMILES string of the molecule is COP(=O)(CCC(C)(C)c1cc(O)c(C(C)(C)CCP(=O)(OC)OC)cc1O)OC. The van der Waals surface area contributed by atoms with E-state index in [-0.39, 0.29) is 23.8 Å². The molecule has 0 unspecified atom stereocenters. The summed E-state index contributed by atoms with van der Waals surface area (Å²) in [6, 6.07) is 3.06. The van der Waals surface area contributed by atoms with Crippen molar-refractivity contribution in [2.45, 2.75) is 51.4 Å². The summed E-state index contributed by atoms with van der Waals surface area (Å²) in [6.07, 6.45) is 1.16. The Morgan fingerprint density at radius 1 is 0.700 bits per heavy atom. The normalized spacial score (nSPS) is 13.6. The molecule has 0 atom stereocenters. The molecule has 2 N–H and O–H groups in total. The van der Waals surface area contributed by atoms with Crippen LogP contribution in [0.4, 0.5) is 0 Å². The second kappa shape index (κ2) is 10.2. The highest BCUT2D eigenvalue weighted by Gasteiger charge is 2.34. The maximum absolute atomic E-state index is 12.4. The minimum absolute atomic E-state index is 0.0206. The number of rotatable bonds is 12. The Balaban J connectivity index is 3.16. The maximum atomic E-state index is 12.4. The second-order valence-electron chi connectivity index (χ2n) is 8.55. The Labute approximate surface area is 180 Å². The predicted octanol–water partition coefficient (Wildman–Crippen LogP) is 5.41. The summed E-state index contributed by atoms with van der Waals surface area (Å²) in [4.78, 5) is 0. The van der Waals surface area contributed by atoms with Crippen LogP contribution in [-0.2, 0) is 38.1 Å². The van der Waals surface area contributed by atoms with Gasteiger partial charge in [0, 0.05) is 39.6 Å². The summed E-state index contributed by atoms with van der Waals surface area (Å²) < 4.78 is 44.7. The molecule has 0 fully saturated rings. The number of aromatic hydroxyl groups is 2. The average molecular weight is 466 g/mol. The van der Waals surface area contributed by atoms with Crippen LogP contribution in [0.25, 0.3) is 0 Å². The topological polar surface area (TPSA) is 112 Å². The minimum atomic E-state index is -3.19. The van der Waals surface area contributed by atoms with Crippen molar-refractivity contribution in [1.29, 1.82) is 0 Å². The van der Waals surface area contributed by atoms with Crippen LogP contribution in [0.5, 0.6) is 11.5 Å². The molecule has 0 heterocycles. The molecular weight excluding hydrogens is 430 g/mol. The first-order valence-corrected chi connectivity index (χ1v) is 13.1. The van der Waals surface area contributed by atoms with E-state index >= 15 is 0 Å². The predicted molar refractivity (Wildman–Crippen MR) is 118 cm³/mol. The van der Waals surface area contributed by atoms with Gasteiger partial charge in [-0.25, -0.2) is 0 Å². The fourth-order valence-electron chi connectivity index (χ4n) is 3.28. The van der Waals surface area contributed by atoms with Crippen LogP contribution in [0.15, 0.2) is 12.1 Å². The van der Waals surface area contributed by atoms with Gasteiger partial charge in [0.05, 0.1) is 12.3 Å². The Morgan fingerprint density at radius 3 is 1.20 bits per heavy atom. The third-order valence-electron chi connectivity index (χ3n) is 5.71. The molecule has 0 aliphatic heterocycles. The lowest BCUT2D eigenvalue weighted by Gasteiger charge is -2.31. The zero-order chi connectivity index (χ0) is 23.4. The summed E-state index contributed by atoms with van der Waals surface area (Å²) >= 11 is 0. The van der Waals surface area contributed by atoms with E-state index in [1.807, 2.05) is 27.7 Å². The van der Waals surface area contributed by atoms with Crippen LogP contribution in [0.3, 0.4) is 0 Å². The van der Waals surface area contributed by atoms with Crippen LogP contribution in [0.1, 0.15) is 51.7 Å². The number of phenolic OH excluding ortho intramolecular Hbond substituents is 2. The van der Waals surface area contributed by atoms with Crippen molar-refractivity contribution in [3.05, 3.63) is 23.3 Å². The monoisotopic (exact) mass is 466 g/mol. The van der Waals surface area contributed by atoms with Crippen molar-refractivity contribution in [2.24, 2.45) is 0 Å². The van der Waals surface area contributed by atoms with E-state index in [1.165, 1.54) is 40.6 Å². The molecule has 1 rings (SSSR count). The van der Waals surface area contributed by atoms with Crippen LogP contribution in [-0.4, -0.2) is 51.0 Å². The van der Waals surface area contributed by atoms with Gasteiger partial charge >= 0.3 is 15.2 Å². The highest BCUT2D eigenvalue weighted by molar-refractivity contribution is 7.54. The highest BCUT2D eigenvalue weighted by atomic mass is 31.2. The van der Waals surface area contributed by atoms with Crippen molar-refractivity contribution in [3.8, 4) is 11.5 Å². The van der Waals surface area contributed by atoms with Gasteiger partial charge in [-0.15, -0.1) is 0 Å². The van der Waals surface area contributed by atoms with Gasteiger partial charge in [-0.05, 0) is 35.8 Å². The molecule has 1 aromatic carbocycles. The van der Waals surface area contributed by atoms with E-state index in [0.29, 0.717) is 24.0 Å². The zero-order valence-electron chi connectivity index (χ0n) is 19.2. The van der Waals surface area contributed by atoms with E-state index in [0.717, 1.165) is 0 Å². The first-order valence-electron chi connectivity index (χ1n) is 9.67. The van der Waals surface area contributed by atoms with Crippen molar-refractivity contribution in [3.63, 3.8) is 0 Å². The third kappa shape index (κ3) is 6.56. The second-order valence-corrected chi connectivity index (χ2v) is 13.4. The molecule has 0 aliphatic carbocycles. The number of benzene rings is 1. The van der Waals surface area contributed by atoms with Crippen molar-refractivity contribution in [1.82, 2.24) is 0 Å². The lowest BCUT2D eigenvalue weighted by molar-refractivity contribution is 0.270. The Bertz CT molecular complexity index is 736. The van der Waals surface area contributed by atoms with Gasteiger partial charge in [0.25, 0.3) is 0 Å². The van der Waals surface area contributed by atoms with E-state index < -0.39 is 26.0 Å². The molecule has 8 nitrogen and oxygen atoms in total. The Hall–Kier alpha value is -0.880. The average Bonchev–Trinajstić information content (AvgIpc) is 2.71. The zero-order valence-corrected chi connectivity index (χ0v) is 21.0. The van der Waals surface area contributed by atoms with E-state index in [9.17, 15) is 19.3 Å². The Morgan fingerprint density at radius 2 is 0.967 bits per heavy atom. The van der Waals surface area contributed by atoms with Crippen molar-refractivity contribution < 1.29 is 37.4 Å². The Kier molecular flexibility index (Phi) is 9.20. The largest absolute Gasteiger partial charge is 0.508 e. The number of phenols is 2. The van der Waals surface area contributed by atoms with Gasteiger partial charge in [0.15, 0.2) is 0 Å². The van der Waals surface area contributed by atoms with Gasteiger partial charge in [-0.2, -0.15) is 0 Å². The van der Waals surface area contributed by atoms with Crippen molar-refractivity contribution >= 4 is 15.2 Å². The molecule has 0 aliphatic rings. The molecule has 0 radical (unpaired) electrons. The molecule has 0 saturated heterocycles. The third-order valence-corrected chi connectivity index (χ3v) is 9.47. The van der Waals surface area contributed by atoms with Gasteiger partial charge < -0.3 is 28.3 Å². The van der Waals surface area contributed by atoms with Gasteiger partial charge in [0.1, 0.15) is 11.5 Å². The minimum Gasteiger partial charge on any atom is -0.508 e. The first kappa shape index (κ1) is 27.2. The van der Waals surface area contributed by atoms with E-state index in [2.05, 4.69) is 0 Å². The van der Waals surface area contributed by atoms with Gasteiger partial charge in [-0.1, -0.05) is 27.7 Å². The molecule has 0 saturated carbocycles. The molecular formula is C20H36O8P2. The first-order chi connectivity index (χ1) is 13.7. The van der Waals surface area contributed by atoms with Crippen LogP contribution in [0.2, 0.25) is 0 Å². The molecule has 0 aromatic heterocycles. The molecule has 174 valence electrons. The lowest BCUT2D eigenvalue weighted by atomic mass is 9.77. The maximum Gasteiger partial charge on any atom is 0.330 e. The van der Waals surface area contributed by atoms with Crippen LogP contribution < -0.4 is 0 Å². The molecule has 30 heavy (non-hydrogen) atoms. The molecule has 0 amide bonds. The lowest BCUT2D eigenvalue weighted by Crippen LogP contribution is -2.22. The molecule has 1 aromatic rings. The quantitative estimate of drug-likeness (QED) is 0.311. The summed E-state index contributed by atoms with van der Waals surface area (Å²) in [5.74, 6) is 0.0411. The fraction of sp³-hybridized carbons (Fsp3) is 0.700. The van der Waals surface area contributed by atoms with Crippen LogP contribution in [0, 0.1) is 0 Å². The molecule has 0 bridgehead atoms. The summed E-state index contributed by atoms with van der Waals surface area (Å²) in [5.41, 5.74) is -0.145. The molecule has 0 spiro atoms. The smallest absolute Gasteiger partial charge is 0.330 e. The van der Waals surface area contributed by atoms with E-state index in [1.54, 1.807) is 0 Å². The molecule has 10 heteroatoms. The van der Waals surface area contributed by atoms with Gasteiger partial charge in [0.2, 0.25) is 0 Å². The van der Waals surface area contributed by atoms with E-state index in [4.69, 9.17) is 18.1 Å². The number of hydrogen-bond donors (Lipinski definition) is 2. The van der Waals surface area contributed by atoms with Gasteiger partial charge in [-0.3, -0.25) is 9.13 Å². The summed E-state index contributed by atoms with van der Waals surface area (Å²) in [7, 11) is -1.03. The fourth-order valence-corrected chi connectivity index (χ4v) is 5.97. The van der Waals surface area contributed by atoms with Crippen molar-refractivity contribution in [2.75, 3.05) is 40.8 Å².